The number of hydrogen-bond acceptors (Lipinski definition) is 5. The highest BCUT2D eigenvalue weighted by atomic mass is 35.5. The van der Waals surface area contributed by atoms with Crippen molar-refractivity contribution < 1.29 is 0 Å². The van der Waals surface area contributed by atoms with Crippen LogP contribution in [0.3, 0.4) is 0 Å². The number of pyridine rings is 1. The van der Waals surface area contributed by atoms with E-state index in [2.05, 4.69) is 26.0 Å². The first-order valence-corrected chi connectivity index (χ1v) is 10.4. The van der Waals surface area contributed by atoms with Crippen molar-refractivity contribution in [1.82, 2.24) is 24.3 Å². The number of fused-ring (bicyclic) bond motifs is 5. The number of halogens is 1. The Morgan fingerprint density at radius 3 is 2.73 bits per heavy atom. The summed E-state index contributed by atoms with van der Waals surface area (Å²) in [4.78, 5) is 23.7. The third-order valence-electron chi connectivity index (χ3n) is 6.20. The van der Waals surface area contributed by atoms with Crippen LogP contribution >= 0.6 is 11.6 Å². The molecule has 7 nitrogen and oxygen atoms in total. The molecule has 150 valence electrons. The Kier molecular flexibility index (Phi) is 3.92. The molecule has 2 bridgehead atoms. The van der Waals surface area contributed by atoms with Gasteiger partial charge in [-0.25, -0.2) is 14.6 Å². The van der Waals surface area contributed by atoms with Gasteiger partial charge in [-0.05, 0) is 42.7 Å². The lowest BCUT2D eigenvalue weighted by atomic mass is 9.83. The van der Waals surface area contributed by atoms with Gasteiger partial charge < -0.3 is 9.47 Å². The first-order valence-electron chi connectivity index (χ1n) is 10.1. The first-order chi connectivity index (χ1) is 14.7. The predicted octanol–water partition coefficient (Wildman–Crippen LogP) is 3.25. The Bertz CT molecular complexity index is 1310. The third kappa shape index (κ3) is 2.73. The summed E-state index contributed by atoms with van der Waals surface area (Å²) in [5.74, 6) is 1.65. The minimum atomic E-state index is 0.101. The zero-order chi connectivity index (χ0) is 20.2. The van der Waals surface area contributed by atoms with Gasteiger partial charge in [0.15, 0.2) is 5.65 Å². The lowest BCUT2D eigenvalue weighted by Crippen LogP contribution is -2.47. The molecule has 0 aliphatic carbocycles. The number of hydrogen-bond donors (Lipinski definition) is 0. The Balaban J connectivity index is 1.40. The van der Waals surface area contributed by atoms with Crippen molar-refractivity contribution in [3.8, 4) is 5.69 Å². The molecule has 0 spiro atoms. The molecular weight excluding hydrogens is 400 g/mol. The first kappa shape index (κ1) is 17.7. The molecule has 1 fully saturated rings. The summed E-state index contributed by atoms with van der Waals surface area (Å²) in [5.41, 5.74) is 2.91. The van der Waals surface area contributed by atoms with E-state index in [-0.39, 0.29) is 5.56 Å². The zero-order valence-electron chi connectivity index (χ0n) is 16.1. The molecule has 3 aromatic heterocycles. The fourth-order valence-electron chi connectivity index (χ4n) is 4.92. The van der Waals surface area contributed by atoms with Crippen molar-refractivity contribution in [3.63, 3.8) is 0 Å². The van der Waals surface area contributed by atoms with Gasteiger partial charge in [0.25, 0.3) is 5.56 Å². The van der Waals surface area contributed by atoms with Crippen LogP contribution in [0.1, 0.15) is 18.0 Å². The van der Waals surface area contributed by atoms with E-state index in [9.17, 15) is 4.79 Å². The van der Waals surface area contributed by atoms with Crippen LogP contribution in [0, 0.1) is 5.92 Å². The molecule has 1 aromatic carbocycles. The number of aromatic nitrogens is 5. The molecule has 0 unspecified atom stereocenters. The zero-order valence-corrected chi connectivity index (χ0v) is 16.9. The van der Waals surface area contributed by atoms with E-state index in [1.54, 1.807) is 12.4 Å². The summed E-state index contributed by atoms with van der Waals surface area (Å²) >= 11 is 6.03. The molecule has 2 aliphatic rings. The Morgan fingerprint density at radius 1 is 1.00 bits per heavy atom. The maximum absolute atomic E-state index is 12.3. The molecule has 2 aliphatic heterocycles. The van der Waals surface area contributed by atoms with E-state index >= 15 is 0 Å². The summed E-state index contributed by atoms with van der Waals surface area (Å²) in [6.07, 6.45) is 4.55. The molecule has 0 N–H and O–H groups in total. The summed E-state index contributed by atoms with van der Waals surface area (Å²) in [6, 6.07) is 13.1. The van der Waals surface area contributed by atoms with E-state index in [1.807, 2.05) is 45.8 Å². The van der Waals surface area contributed by atoms with Crippen LogP contribution < -0.4 is 10.5 Å². The van der Waals surface area contributed by atoms with Crippen LogP contribution in [-0.4, -0.2) is 37.4 Å². The Hall–Kier alpha value is -3.19. The van der Waals surface area contributed by atoms with Gasteiger partial charge in [0, 0.05) is 42.3 Å². The van der Waals surface area contributed by atoms with Crippen molar-refractivity contribution in [2.75, 3.05) is 18.0 Å². The van der Waals surface area contributed by atoms with Gasteiger partial charge in [-0.3, -0.25) is 4.79 Å². The molecular formula is C22H19ClN6O. The number of rotatable bonds is 2. The van der Waals surface area contributed by atoms with Gasteiger partial charge in [0.05, 0.1) is 17.3 Å². The van der Waals surface area contributed by atoms with Gasteiger partial charge in [-0.15, -0.1) is 0 Å². The van der Waals surface area contributed by atoms with Crippen molar-refractivity contribution in [3.05, 3.63) is 76.1 Å². The summed E-state index contributed by atoms with van der Waals surface area (Å²) in [7, 11) is 0. The Morgan fingerprint density at radius 2 is 1.87 bits per heavy atom. The molecule has 5 heterocycles. The molecule has 0 saturated carbocycles. The lowest BCUT2D eigenvalue weighted by molar-refractivity contribution is 0.281. The lowest BCUT2D eigenvalue weighted by Gasteiger charge is -2.43. The smallest absolute Gasteiger partial charge is 0.250 e. The average Bonchev–Trinajstić information content (AvgIpc) is 3.19. The number of benzene rings is 1. The highest BCUT2D eigenvalue weighted by molar-refractivity contribution is 6.30. The molecule has 30 heavy (non-hydrogen) atoms. The topological polar surface area (TPSA) is 68.8 Å². The van der Waals surface area contributed by atoms with Gasteiger partial charge >= 0.3 is 0 Å². The second-order valence-corrected chi connectivity index (χ2v) is 8.51. The Labute approximate surface area is 177 Å². The van der Waals surface area contributed by atoms with Crippen LogP contribution in [-0.2, 0) is 6.54 Å². The van der Waals surface area contributed by atoms with Crippen molar-refractivity contribution in [2.24, 2.45) is 5.92 Å². The van der Waals surface area contributed by atoms with Crippen LogP contribution in [0.5, 0.6) is 0 Å². The fourth-order valence-corrected chi connectivity index (χ4v) is 5.05. The number of nitrogens with zero attached hydrogens (tertiary/aromatic N) is 6. The quantitative estimate of drug-likeness (QED) is 0.499. The second-order valence-electron chi connectivity index (χ2n) is 8.07. The minimum Gasteiger partial charge on any atom is -0.355 e. The van der Waals surface area contributed by atoms with E-state index in [0.29, 0.717) is 16.9 Å². The van der Waals surface area contributed by atoms with Crippen LogP contribution in [0.25, 0.3) is 16.7 Å². The molecule has 0 amide bonds. The third-order valence-corrected chi connectivity index (χ3v) is 6.45. The normalized spacial score (nSPS) is 20.4. The van der Waals surface area contributed by atoms with Gasteiger partial charge in [-0.1, -0.05) is 17.7 Å². The van der Waals surface area contributed by atoms with Gasteiger partial charge in [0.2, 0.25) is 0 Å². The van der Waals surface area contributed by atoms with E-state index in [4.69, 9.17) is 11.6 Å². The van der Waals surface area contributed by atoms with Crippen LogP contribution in [0.15, 0.2) is 59.8 Å². The maximum atomic E-state index is 12.3. The fraction of sp³-hybridized carbons (Fsp3) is 0.273. The molecule has 6 rings (SSSR count). The van der Waals surface area contributed by atoms with Gasteiger partial charge in [0.1, 0.15) is 12.1 Å². The van der Waals surface area contributed by atoms with E-state index in [0.717, 1.165) is 54.3 Å². The monoisotopic (exact) mass is 418 g/mol. The minimum absolute atomic E-state index is 0.101. The molecule has 8 heteroatoms. The average molecular weight is 419 g/mol. The standard InChI is InChI=1S/C22H19ClN6O/c23-16-4-6-17(7-5-16)29-22-18(9-26-29)21(24-13-25-22)27-10-14-8-15(12-27)19-2-1-3-20(30)28(19)11-14/h1-7,9,13-15H,8,10-12H2/t14-,15+/m0/s1. The largest absolute Gasteiger partial charge is 0.355 e. The van der Waals surface area contributed by atoms with Crippen molar-refractivity contribution in [1.29, 1.82) is 0 Å². The summed E-state index contributed by atoms with van der Waals surface area (Å²) in [6.45, 7) is 2.47. The van der Waals surface area contributed by atoms with Gasteiger partial charge in [-0.2, -0.15) is 5.10 Å². The molecule has 1 saturated heterocycles. The second kappa shape index (κ2) is 6.67. The van der Waals surface area contributed by atoms with E-state index in [1.165, 1.54) is 0 Å². The van der Waals surface area contributed by atoms with Crippen LogP contribution in [0.2, 0.25) is 5.02 Å². The maximum Gasteiger partial charge on any atom is 0.250 e. The van der Waals surface area contributed by atoms with E-state index < -0.39 is 0 Å². The highest BCUT2D eigenvalue weighted by Gasteiger charge is 2.35. The SMILES string of the molecule is O=c1cccc2n1C[C@H]1C[C@@H]2CN(c2ncnc3c2cnn3-c2ccc(Cl)cc2)C1. The molecule has 0 radical (unpaired) electrons. The highest BCUT2D eigenvalue weighted by Crippen LogP contribution is 2.38. The van der Waals surface area contributed by atoms with Crippen molar-refractivity contribution in [2.45, 2.75) is 18.9 Å². The number of anilines is 1. The molecule has 2 atom stereocenters. The predicted molar refractivity (Wildman–Crippen MR) is 115 cm³/mol. The molecule has 4 aromatic rings. The van der Waals surface area contributed by atoms with Crippen LogP contribution in [0.4, 0.5) is 5.82 Å². The number of piperidine rings is 1. The summed E-state index contributed by atoms with van der Waals surface area (Å²) < 4.78 is 3.76. The summed E-state index contributed by atoms with van der Waals surface area (Å²) in [5, 5.41) is 6.18. The van der Waals surface area contributed by atoms with Crippen molar-refractivity contribution >= 4 is 28.5 Å².